The lowest BCUT2D eigenvalue weighted by atomic mass is 9.86. The highest BCUT2D eigenvalue weighted by Gasteiger charge is 2.28. The maximum atomic E-state index is 12.7. The second kappa shape index (κ2) is 11.4. The van der Waals surface area contributed by atoms with Gasteiger partial charge in [-0.1, -0.05) is 53.5 Å². The summed E-state index contributed by atoms with van der Waals surface area (Å²) in [7, 11) is 0. The van der Waals surface area contributed by atoms with Crippen LogP contribution >= 0.6 is 23.2 Å². The quantitative estimate of drug-likeness (QED) is 0.426. The number of pyridine rings is 1. The molecule has 2 amide bonds. The molecule has 3 aromatic rings. The summed E-state index contributed by atoms with van der Waals surface area (Å²) in [6.07, 6.45) is 4.35. The second-order valence-corrected chi connectivity index (χ2v) is 9.11. The van der Waals surface area contributed by atoms with Crippen LogP contribution in [-0.2, 0) is 11.3 Å². The molecule has 1 fully saturated rings. The third kappa shape index (κ3) is 6.49. The van der Waals surface area contributed by atoms with Crippen molar-refractivity contribution in [1.82, 2.24) is 10.3 Å². The van der Waals surface area contributed by atoms with Crippen LogP contribution in [-0.4, -0.2) is 22.9 Å². The van der Waals surface area contributed by atoms with Gasteiger partial charge in [-0.15, -0.1) is 0 Å². The molecule has 176 valence electrons. The first-order valence-electron chi connectivity index (χ1n) is 11.2. The van der Waals surface area contributed by atoms with Gasteiger partial charge in [0, 0.05) is 29.9 Å². The Kier molecular flexibility index (Phi) is 8.03. The van der Waals surface area contributed by atoms with E-state index in [1.165, 1.54) is 6.20 Å². The van der Waals surface area contributed by atoms with Crippen molar-refractivity contribution >= 4 is 40.7 Å². The van der Waals surface area contributed by atoms with Gasteiger partial charge in [-0.2, -0.15) is 0 Å². The fraction of sp³-hybridized carbons (Fsp3) is 0.269. The number of ether oxygens (including phenoxy) is 1. The highest BCUT2D eigenvalue weighted by Crippen LogP contribution is 2.31. The summed E-state index contributed by atoms with van der Waals surface area (Å²) in [6.45, 7) is 0.463. The molecule has 0 saturated heterocycles. The number of halogens is 2. The van der Waals surface area contributed by atoms with E-state index in [0.29, 0.717) is 46.6 Å². The Bertz CT molecular complexity index is 1130. The maximum absolute atomic E-state index is 12.7. The van der Waals surface area contributed by atoms with Crippen molar-refractivity contribution in [2.45, 2.75) is 38.3 Å². The minimum absolute atomic E-state index is 0.0256. The van der Waals surface area contributed by atoms with Crippen LogP contribution in [0.4, 0.5) is 5.69 Å². The molecule has 1 aliphatic carbocycles. The second-order valence-electron chi connectivity index (χ2n) is 8.27. The predicted molar refractivity (Wildman–Crippen MR) is 133 cm³/mol. The van der Waals surface area contributed by atoms with Crippen molar-refractivity contribution in [2.24, 2.45) is 5.92 Å². The molecule has 1 aromatic heterocycles. The van der Waals surface area contributed by atoms with Crippen LogP contribution in [0.5, 0.6) is 5.88 Å². The van der Waals surface area contributed by atoms with Gasteiger partial charge in [-0.25, -0.2) is 4.98 Å². The Labute approximate surface area is 208 Å². The lowest BCUT2D eigenvalue weighted by Crippen LogP contribution is -2.31. The molecule has 0 bridgehead atoms. The number of benzene rings is 2. The Hall–Kier alpha value is -3.09. The largest absolute Gasteiger partial charge is 0.473 e. The van der Waals surface area contributed by atoms with Gasteiger partial charge in [0.05, 0.1) is 5.02 Å². The zero-order valence-electron chi connectivity index (χ0n) is 18.5. The topological polar surface area (TPSA) is 80.3 Å². The van der Waals surface area contributed by atoms with Crippen LogP contribution in [0.15, 0.2) is 66.9 Å². The molecule has 0 aliphatic heterocycles. The molecule has 0 radical (unpaired) electrons. The molecule has 0 spiro atoms. The lowest BCUT2D eigenvalue weighted by Gasteiger charge is -2.28. The molecule has 4 rings (SSSR count). The summed E-state index contributed by atoms with van der Waals surface area (Å²) < 4.78 is 5.90. The summed E-state index contributed by atoms with van der Waals surface area (Å²) in [5.41, 5.74) is 2.24. The van der Waals surface area contributed by atoms with Crippen molar-refractivity contribution in [2.75, 3.05) is 5.32 Å². The van der Waals surface area contributed by atoms with Crippen molar-refractivity contribution in [3.8, 4) is 5.88 Å². The van der Waals surface area contributed by atoms with Gasteiger partial charge in [0.15, 0.2) is 0 Å². The van der Waals surface area contributed by atoms with E-state index in [1.54, 1.807) is 30.3 Å². The number of hydrogen-bond donors (Lipinski definition) is 2. The molecule has 6 nitrogen and oxygen atoms in total. The zero-order chi connectivity index (χ0) is 23.9. The van der Waals surface area contributed by atoms with Crippen molar-refractivity contribution in [3.05, 3.63) is 88.0 Å². The van der Waals surface area contributed by atoms with E-state index in [-0.39, 0.29) is 23.8 Å². The van der Waals surface area contributed by atoms with E-state index in [1.807, 2.05) is 30.3 Å². The lowest BCUT2D eigenvalue weighted by molar-refractivity contribution is -0.121. The standard InChI is InChI=1S/C26H25Cl2N3O3/c27-20-14-23(28)26(30-16-20)34-22-12-8-19(9-13-22)25(33)31-21-10-6-18(7-11-21)24(32)29-15-17-4-2-1-3-5-17/h1-7,10-11,14,16,19,22H,8-9,12-13,15H2,(H,29,32)(H,31,33). The molecule has 34 heavy (non-hydrogen) atoms. The van der Waals surface area contributed by atoms with Gasteiger partial charge < -0.3 is 15.4 Å². The maximum Gasteiger partial charge on any atom is 0.251 e. The number of rotatable bonds is 7. The smallest absolute Gasteiger partial charge is 0.251 e. The number of amides is 2. The molecular formula is C26H25Cl2N3O3. The summed E-state index contributed by atoms with van der Waals surface area (Å²) in [4.78, 5) is 29.2. The number of nitrogens with zero attached hydrogens (tertiary/aromatic N) is 1. The molecule has 0 atom stereocenters. The van der Waals surface area contributed by atoms with Crippen LogP contribution in [0, 0.1) is 5.92 Å². The normalized spacial score (nSPS) is 17.6. The van der Waals surface area contributed by atoms with Gasteiger partial charge >= 0.3 is 0 Å². The first-order valence-corrected chi connectivity index (χ1v) is 11.9. The first kappa shape index (κ1) is 24.0. The highest BCUT2D eigenvalue weighted by molar-refractivity contribution is 6.35. The van der Waals surface area contributed by atoms with Crippen molar-refractivity contribution < 1.29 is 14.3 Å². The Morgan fingerprint density at radius 2 is 1.68 bits per heavy atom. The minimum atomic E-state index is -0.157. The number of hydrogen-bond acceptors (Lipinski definition) is 4. The molecule has 1 aliphatic rings. The predicted octanol–water partition coefficient (Wildman–Crippen LogP) is 5.89. The van der Waals surface area contributed by atoms with Crippen LogP contribution in [0.25, 0.3) is 0 Å². The van der Waals surface area contributed by atoms with E-state index in [9.17, 15) is 9.59 Å². The van der Waals surface area contributed by atoms with Gasteiger partial charge in [0.2, 0.25) is 11.8 Å². The molecule has 8 heteroatoms. The summed E-state index contributed by atoms with van der Waals surface area (Å²) >= 11 is 12.0. The van der Waals surface area contributed by atoms with Crippen molar-refractivity contribution in [1.29, 1.82) is 0 Å². The van der Waals surface area contributed by atoms with E-state index in [0.717, 1.165) is 18.4 Å². The molecule has 2 aromatic carbocycles. The third-order valence-electron chi connectivity index (χ3n) is 5.81. The fourth-order valence-electron chi connectivity index (χ4n) is 3.92. The summed E-state index contributed by atoms with van der Waals surface area (Å²) in [6, 6.07) is 18.2. The minimum Gasteiger partial charge on any atom is -0.473 e. The Balaban J connectivity index is 1.23. The van der Waals surface area contributed by atoms with E-state index >= 15 is 0 Å². The monoisotopic (exact) mass is 497 g/mol. The average Bonchev–Trinajstić information content (AvgIpc) is 2.86. The summed E-state index contributed by atoms with van der Waals surface area (Å²) in [5, 5.41) is 6.69. The van der Waals surface area contributed by atoms with E-state index in [4.69, 9.17) is 27.9 Å². The van der Waals surface area contributed by atoms with Gasteiger partial charge in [-0.05, 0) is 61.6 Å². The Morgan fingerprint density at radius 3 is 2.35 bits per heavy atom. The average molecular weight is 498 g/mol. The third-order valence-corrected chi connectivity index (χ3v) is 6.29. The van der Waals surface area contributed by atoms with Gasteiger partial charge in [0.1, 0.15) is 11.1 Å². The molecular weight excluding hydrogens is 473 g/mol. The molecule has 1 saturated carbocycles. The highest BCUT2D eigenvalue weighted by atomic mass is 35.5. The number of anilines is 1. The number of aromatic nitrogens is 1. The molecule has 0 unspecified atom stereocenters. The van der Waals surface area contributed by atoms with Crippen LogP contribution in [0.3, 0.4) is 0 Å². The van der Waals surface area contributed by atoms with Gasteiger partial charge in [-0.3, -0.25) is 9.59 Å². The van der Waals surface area contributed by atoms with E-state index < -0.39 is 0 Å². The first-order chi connectivity index (χ1) is 16.5. The number of carbonyl (C=O) groups is 2. The molecule has 1 heterocycles. The fourth-order valence-corrected chi connectivity index (χ4v) is 4.34. The Morgan fingerprint density at radius 1 is 0.971 bits per heavy atom. The van der Waals surface area contributed by atoms with Crippen LogP contribution in [0.1, 0.15) is 41.6 Å². The summed E-state index contributed by atoms with van der Waals surface area (Å²) in [5.74, 6) is 0.0897. The number of nitrogens with one attached hydrogen (secondary N) is 2. The molecule has 2 N–H and O–H groups in total. The SMILES string of the molecule is O=C(NCc1ccccc1)c1ccc(NC(=O)C2CCC(Oc3ncc(Cl)cc3Cl)CC2)cc1. The number of carbonyl (C=O) groups excluding carboxylic acids is 2. The zero-order valence-corrected chi connectivity index (χ0v) is 20.0. The van der Waals surface area contributed by atoms with Gasteiger partial charge in [0.25, 0.3) is 5.91 Å². The van der Waals surface area contributed by atoms with E-state index in [2.05, 4.69) is 15.6 Å². The van der Waals surface area contributed by atoms with Crippen molar-refractivity contribution in [3.63, 3.8) is 0 Å². The van der Waals surface area contributed by atoms with Crippen LogP contribution < -0.4 is 15.4 Å². The van der Waals surface area contributed by atoms with Crippen LogP contribution in [0.2, 0.25) is 10.0 Å².